The van der Waals surface area contributed by atoms with E-state index in [1.54, 1.807) is 0 Å². The van der Waals surface area contributed by atoms with Gasteiger partial charge >= 0.3 is 0 Å². The van der Waals surface area contributed by atoms with Crippen LogP contribution in [0.25, 0.3) is 0 Å². The van der Waals surface area contributed by atoms with E-state index in [9.17, 15) is 13.2 Å². The van der Waals surface area contributed by atoms with Crippen LogP contribution in [0.2, 0.25) is 0 Å². The van der Waals surface area contributed by atoms with Gasteiger partial charge < -0.3 is 5.73 Å². The standard InChI is InChI=1S/C11H22N2O3S/c1-3-4-7-17(15,16)13-8-10(11(12)14)6-5-9(13)2/h9-10H,3-8H2,1-2H3,(H2,12,14). The highest BCUT2D eigenvalue weighted by Crippen LogP contribution is 2.24. The molecule has 6 heteroatoms. The molecule has 0 spiro atoms. The normalized spacial score (nSPS) is 26.9. The van der Waals surface area contributed by atoms with E-state index < -0.39 is 15.9 Å². The number of nitrogens with zero attached hydrogens (tertiary/aromatic N) is 1. The first kappa shape index (κ1) is 14.4. The van der Waals surface area contributed by atoms with Crippen LogP contribution in [-0.2, 0) is 14.8 Å². The molecule has 0 aliphatic carbocycles. The number of hydrogen-bond donors (Lipinski definition) is 1. The van der Waals surface area contributed by atoms with E-state index in [1.807, 2.05) is 13.8 Å². The number of rotatable bonds is 5. The number of nitrogens with two attached hydrogens (primary N) is 1. The van der Waals surface area contributed by atoms with Gasteiger partial charge in [0.2, 0.25) is 15.9 Å². The molecular formula is C11H22N2O3S. The Morgan fingerprint density at radius 3 is 2.59 bits per heavy atom. The lowest BCUT2D eigenvalue weighted by Gasteiger charge is -2.35. The average Bonchev–Trinajstić information content (AvgIpc) is 2.26. The molecule has 0 saturated carbocycles. The quantitative estimate of drug-likeness (QED) is 0.792. The van der Waals surface area contributed by atoms with Gasteiger partial charge in [0, 0.05) is 12.6 Å². The Labute approximate surface area is 103 Å². The molecule has 1 heterocycles. The van der Waals surface area contributed by atoms with Gasteiger partial charge in [-0.1, -0.05) is 13.3 Å². The molecule has 17 heavy (non-hydrogen) atoms. The van der Waals surface area contributed by atoms with E-state index in [0.717, 1.165) is 6.42 Å². The van der Waals surface area contributed by atoms with Gasteiger partial charge in [-0.05, 0) is 26.2 Å². The van der Waals surface area contributed by atoms with Crippen LogP contribution >= 0.6 is 0 Å². The fourth-order valence-electron chi connectivity index (χ4n) is 2.14. The van der Waals surface area contributed by atoms with Gasteiger partial charge in [-0.25, -0.2) is 8.42 Å². The Hall–Kier alpha value is -0.620. The first-order valence-corrected chi connectivity index (χ1v) is 7.78. The first-order valence-electron chi connectivity index (χ1n) is 6.17. The highest BCUT2D eigenvalue weighted by Gasteiger charge is 2.35. The lowest BCUT2D eigenvalue weighted by Crippen LogP contribution is -2.49. The molecule has 5 nitrogen and oxygen atoms in total. The molecule has 0 bridgehead atoms. The minimum atomic E-state index is -3.24. The molecule has 2 N–H and O–H groups in total. The Kier molecular flexibility index (Phi) is 4.94. The molecular weight excluding hydrogens is 240 g/mol. The number of carbonyl (C=O) groups is 1. The van der Waals surface area contributed by atoms with E-state index in [0.29, 0.717) is 19.3 Å². The number of carbonyl (C=O) groups excluding carboxylic acids is 1. The summed E-state index contributed by atoms with van der Waals surface area (Å²) in [6.45, 7) is 4.10. The number of sulfonamides is 1. The van der Waals surface area contributed by atoms with Crippen LogP contribution in [-0.4, -0.2) is 37.0 Å². The van der Waals surface area contributed by atoms with Gasteiger partial charge in [-0.3, -0.25) is 4.79 Å². The molecule has 0 aromatic rings. The summed E-state index contributed by atoms with van der Waals surface area (Å²) in [6.07, 6.45) is 2.91. The van der Waals surface area contributed by atoms with Crippen molar-refractivity contribution in [3.05, 3.63) is 0 Å². The van der Waals surface area contributed by atoms with Crippen molar-refractivity contribution in [2.45, 2.75) is 45.6 Å². The fourth-order valence-corrected chi connectivity index (χ4v) is 4.09. The molecule has 1 rings (SSSR count). The smallest absolute Gasteiger partial charge is 0.221 e. The second-order valence-electron chi connectivity index (χ2n) is 4.76. The molecule has 0 aromatic heterocycles. The van der Waals surface area contributed by atoms with Gasteiger partial charge in [0.05, 0.1) is 11.7 Å². The Morgan fingerprint density at radius 1 is 1.41 bits per heavy atom. The van der Waals surface area contributed by atoms with Gasteiger partial charge in [-0.15, -0.1) is 0 Å². The summed E-state index contributed by atoms with van der Waals surface area (Å²) in [5.41, 5.74) is 5.26. The van der Waals surface area contributed by atoms with Crippen LogP contribution in [0, 0.1) is 5.92 Å². The number of unbranched alkanes of at least 4 members (excludes halogenated alkanes) is 1. The van der Waals surface area contributed by atoms with Crippen LogP contribution in [0.15, 0.2) is 0 Å². The summed E-state index contributed by atoms with van der Waals surface area (Å²) in [5.74, 6) is -0.561. The van der Waals surface area contributed by atoms with Gasteiger partial charge in [0.25, 0.3) is 0 Å². The van der Waals surface area contributed by atoms with E-state index >= 15 is 0 Å². The van der Waals surface area contributed by atoms with Crippen molar-refractivity contribution in [3.63, 3.8) is 0 Å². The highest BCUT2D eigenvalue weighted by atomic mass is 32.2. The molecule has 1 saturated heterocycles. The zero-order chi connectivity index (χ0) is 13.1. The molecule has 1 aliphatic rings. The van der Waals surface area contributed by atoms with Crippen molar-refractivity contribution in [2.24, 2.45) is 11.7 Å². The van der Waals surface area contributed by atoms with Gasteiger partial charge in [0.15, 0.2) is 0 Å². The Balaban J connectivity index is 2.76. The van der Waals surface area contributed by atoms with E-state index in [1.165, 1.54) is 4.31 Å². The van der Waals surface area contributed by atoms with Crippen molar-refractivity contribution < 1.29 is 13.2 Å². The van der Waals surface area contributed by atoms with Crippen molar-refractivity contribution in [2.75, 3.05) is 12.3 Å². The minimum absolute atomic E-state index is 0.0209. The summed E-state index contributed by atoms with van der Waals surface area (Å²) < 4.78 is 25.7. The maximum absolute atomic E-state index is 12.1. The third kappa shape index (κ3) is 3.67. The number of primary amides is 1. The third-order valence-corrected chi connectivity index (χ3v) is 5.37. The van der Waals surface area contributed by atoms with E-state index in [-0.39, 0.29) is 24.3 Å². The maximum Gasteiger partial charge on any atom is 0.221 e. The van der Waals surface area contributed by atoms with Crippen LogP contribution < -0.4 is 5.73 Å². The molecule has 1 fully saturated rings. The summed E-state index contributed by atoms with van der Waals surface area (Å²) >= 11 is 0. The molecule has 2 atom stereocenters. The first-order chi connectivity index (χ1) is 7.88. The molecule has 0 radical (unpaired) electrons. The molecule has 1 amide bonds. The van der Waals surface area contributed by atoms with Gasteiger partial charge in [-0.2, -0.15) is 4.31 Å². The van der Waals surface area contributed by atoms with Crippen LogP contribution in [0.3, 0.4) is 0 Å². The lowest BCUT2D eigenvalue weighted by atomic mass is 9.95. The molecule has 2 unspecified atom stereocenters. The summed E-state index contributed by atoms with van der Waals surface area (Å²) in [6, 6.07) is -0.0209. The van der Waals surface area contributed by atoms with Crippen molar-refractivity contribution >= 4 is 15.9 Å². The lowest BCUT2D eigenvalue weighted by molar-refractivity contribution is -0.123. The van der Waals surface area contributed by atoms with Crippen LogP contribution in [0.1, 0.15) is 39.5 Å². The number of hydrogen-bond acceptors (Lipinski definition) is 3. The van der Waals surface area contributed by atoms with Crippen molar-refractivity contribution in [1.82, 2.24) is 4.31 Å². The summed E-state index contributed by atoms with van der Waals surface area (Å²) in [4.78, 5) is 11.1. The minimum Gasteiger partial charge on any atom is -0.369 e. The topological polar surface area (TPSA) is 80.5 Å². The molecule has 100 valence electrons. The van der Waals surface area contributed by atoms with Crippen LogP contribution in [0.5, 0.6) is 0 Å². The maximum atomic E-state index is 12.1. The second-order valence-corrected chi connectivity index (χ2v) is 6.81. The van der Waals surface area contributed by atoms with Crippen molar-refractivity contribution in [3.8, 4) is 0 Å². The third-order valence-electron chi connectivity index (χ3n) is 3.34. The zero-order valence-corrected chi connectivity index (χ0v) is 11.4. The predicted octanol–water partition coefficient (Wildman–Crippen LogP) is 0.702. The monoisotopic (exact) mass is 262 g/mol. The SMILES string of the molecule is CCCCS(=O)(=O)N1CC(C(N)=O)CCC1C. The summed E-state index contributed by atoms with van der Waals surface area (Å²) in [7, 11) is -3.24. The molecule has 1 aliphatic heterocycles. The zero-order valence-electron chi connectivity index (χ0n) is 10.6. The van der Waals surface area contributed by atoms with Crippen LogP contribution in [0.4, 0.5) is 0 Å². The second kappa shape index (κ2) is 5.82. The van der Waals surface area contributed by atoms with E-state index in [4.69, 9.17) is 5.73 Å². The Morgan fingerprint density at radius 2 is 2.06 bits per heavy atom. The molecule has 0 aromatic carbocycles. The average molecular weight is 262 g/mol. The Bertz CT molecular complexity index is 367. The predicted molar refractivity (Wildman–Crippen MR) is 66.8 cm³/mol. The highest BCUT2D eigenvalue weighted by molar-refractivity contribution is 7.89. The van der Waals surface area contributed by atoms with Gasteiger partial charge in [0.1, 0.15) is 0 Å². The number of piperidine rings is 1. The van der Waals surface area contributed by atoms with Crippen molar-refractivity contribution in [1.29, 1.82) is 0 Å². The van der Waals surface area contributed by atoms with E-state index in [2.05, 4.69) is 0 Å². The largest absolute Gasteiger partial charge is 0.369 e. The summed E-state index contributed by atoms with van der Waals surface area (Å²) in [5, 5.41) is 0. The number of amides is 1. The fraction of sp³-hybridized carbons (Fsp3) is 0.909.